The maximum atomic E-state index is 11.1. The van der Waals surface area contributed by atoms with Crippen molar-refractivity contribution >= 4 is 33.2 Å². The fraction of sp³-hybridized carbons (Fsp3) is 0.167. The number of halogens is 1. The van der Waals surface area contributed by atoms with Crippen molar-refractivity contribution < 1.29 is 4.79 Å². The molecule has 0 radical (unpaired) electrons. The molecule has 0 bridgehead atoms. The van der Waals surface area contributed by atoms with Gasteiger partial charge in [-0.25, -0.2) is 9.97 Å². The first-order valence-electron chi connectivity index (χ1n) is 11.6. The summed E-state index contributed by atoms with van der Waals surface area (Å²) in [4.78, 5) is 19.6. The summed E-state index contributed by atoms with van der Waals surface area (Å²) in [5.74, 6) is 0.709. The average molecular weight is 544 g/mol. The molecule has 184 valence electrons. The van der Waals surface area contributed by atoms with Crippen molar-refractivity contribution in [2.45, 2.75) is 27.7 Å². The number of nitrogens with zero attached hydrogens (tertiary/aromatic N) is 3. The number of aromatic nitrogens is 3. The van der Waals surface area contributed by atoms with Gasteiger partial charge in [-0.05, 0) is 51.0 Å². The van der Waals surface area contributed by atoms with Crippen LogP contribution in [0.4, 0.5) is 5.82 Å². The molecule has 0 amide bonds. The van der Waals surface area contributed by atoms with E-state index in [2.05, 4.69) is 86.9 Å². The van der Waals surface area contributed by atoms with E-state index in [0.717, 1.165) is 28.0 Å². The Hall–Kier alpha value is -3.77. The molecule has 2 aromatic carbocycles. The highest BCUT2D eigenvalue weighted by Crippen LogP contribution is 2.19. The third kappa shape index (κ3) is 7.89. The van der Waals surface area contributed by atoms with Crippen LogP contribution in [-0.2, 0) is 0 Å². The van der Waals surface area contributed by atoms with E-state index in [0.29, 0.717) is 11.1 Å². The minimum atomic E-state index is 0.130. The highest BCUT2D eigenvalue weighted by atomic mass is 79.9. The molecule has 5 aromatic rings. The average Bonchev–Trinajstić information content (AvgIpc) is 3.30. The number of imidazole rings is 1. The summed E-state index contributed by atoms with van der Waals surface area (Å²) in [5, 5.41) is 0.399. The molecule has 0 saturated carbocycles. The zero-order valence-corrected chi connectivity index (χ0v) is 22.7. The minimum Gasteiger partial charge on any atom is -0.384 e. The Balaban J connectivity index is 0.000000164. The van der Waals surface area contributed by atoms with Crippen LogP contribution in [0.3, 0.4) is 0 Å². The van der Waals surface area contributed by atoms with Crippen LogP contribution in [-0.4, -0.2) is 25.5 Å². The van der Waals surface area contributed by atoms with E-state index in [4.69, 9.17) is 5.73 Å². The van der Waals surface area contributed by atoms with E-state index in [1.807, 2.05) is 50.2 Å². The van der Waals surface area contributed by atoms with Gasteiger partial charge in [-0.2, -0.15) is 0 Å². The van der Waals surface area contributed by atoms with Gasteiger partial charge in [0.15, 0.2) is 5.78 Å². The third-order valence-corrected chi connectivity index (χ3v) is 5.88. The van der Waals surface area contributed by atoms with Gasteiger partial charge < -0.3 is 10.1 Å². The number of anilines is 1. The van der Waals surface area contributed by atoms with Gasteiger partial charge in [0, 0.05) is 29.7 Å². The molecule has 0 fully saturated rings. The van der Waals surface area contributed by atoms with E-state index in [9.17, 15) is 4.79 Å². The number of pyridine rings is 2. The van der Waals surface area contributed by atoms with Gasteiger partial charge in [0.05, 0.1) is 11.0 Å². The molecular formula is C30H31BrN4O. The standard InChI is InChI=1S/C15H14N2.C9H9BrO.C6H8N2/c1-11-3-6-13(7-4-11)14-10-17-9-12(2)5-8-15(17)16-14;1-7-2-4-8(5-3-7)9(11)6-10;1-5-2-3-6(7)8-4-5/h3-10H,1-2H3;2-5H,6H2,1H3;2-4H,1H3,(H2,7,8). The van der Waals surface area contributed by atoms with Crippen LogP contribution >= 0.6 is 15.9 Å². The molecular weight excluding hydrogens is 512 g/mol. The van der Waals surface area contributed by atoms with Crippen LogP contribution in [0.1, 0.15) is 32.6 Å². The molecule has 3 aromatic heterocycles. The Morgan fingerprint density at radius 3 is 1.92 bits per heavy atom. The molecule has 6 heteroatoms. The molecule has 5 nitrogen and oxygen atoms in total. The Morgan fingerprint density at radius 1 is 0.778 bits per heavy atom. The summed E-state index contributed by atoms with van der Waals surface area (Å²) in [7, 11) is 0. The van der Waals surface area contributed by atoms with Gasteiger partial charge in [-0.1, -0.05) is 87.7 Å². The van der Waals surface area contributed by atoms with Crippen LogP contribution in [0.25, 0.3) is 16.9 Å². The highest BCUT2D eigenvalue weighted by Gasteiger charge is 2.04. The minimum absolute atomic E-state index is 0.130. The van der Waals surface area contributed by atoms with E-state index in [-0.39, 0.29) is 5.78 Å². The first-order chi connectivity index (χ1) is 17.2. The van der Waals surface area contributed by atoms with Crippen LogP contribution in [0, 0.1) is 27.7 Å². The monoisotopic (exact) mass is 542 g/mol. The lowest BCUT2D eigenvalue weighted by Crippen LogP contribution is -1.98. The van der Waals surface area contributed by atoms with Crippen molar-refractivity contribution in [1.82, 2.24) is 14.4 Å². The fourth-order valence-corrected chi connectivity index (χ4v) is 3.59. The Kier molecular flexibility index (Phi) is 9.53. The summed E-state index contributed by atoms with van der Waals surface area (Å²) in [6, 6.07) is 23.9. The summed E-state index contributed by atoms with van der Waals surface area (Å²) >= 11 is 3.12. The summed E-state index contributed by atoms with van der Waals surface area (Å²) in [6.07, 6.45) is 5.92. The number of aryl methyl sites for hydroxylation is 4. The Morgan fingerprint density at radius 2 is 1.36 bits per heavy atom. The molecule has 3 heterocycles. The van der Waals surface area contributed by atoms with E-state index < -0.39 is 0 Å². The lowest BCUT2D eigenvalue weighted by atomic mass is 10.1. The molecule has 0 saturated heterocycles. The lowest BCUT2D eigenvalue weighted by molar-refractivity contribution is 0.102. The molecule has 0 aliphatic rings. The number of carbonyl (C=O) groups excluding carboxylic acids is 1. The van der Waals surface area contributed by atoms with E-state index in [1.54, 1.807) is 12.3 Å². The summed E-state index contributed by atoms with van der Waals surface area (Å²) in [5.41, 5.74) is 14.1. The van der Waals surface area contributed by atoms with Crippen molar-refractivity contribution in [3.8, 4) is 11.3 Å². The Bertz CT molecular complexity index is 1390. The molecule has 2 N–H and O–H groups in total. The molecule has 0 atom stereocenters. The number of nitrogen functional groups attached to an aromatic ring is 1. The third-order valence-electron chi connectivity index (χ3n) is 5.38. The number of benzene rings is 2. The zero-order valence-electron chi connectivity index (χ0n) is 21.1. The number of carbonyl (C=O) groups is 1. The first kappa shape index (κ1) is 26.8. The van der Waals surface area contributed by atoms with Gasteiger partial charge in [-0.3, -0.25) is 4.79 Å². The van der Waals surface area contributed by atoms with Gasteiger partial charge >= 0.3 is 0 Å². The second-order valence-corrected chi connectivity index (χ2v) is 9.21. The van der Waals surface area contributed by atoms with Gasteiger partial charge in [0.1, 0.15) is 11.5 Å². The smallest absolute Gasteiger partial charge is 0.173 e. The fourth-order valence-electron chi connectivity index (χ4n) is 3.26. The maximum Gasteiger partial charge on any atom is 0.173 e. The normalized spacial score (nSPS) is 10.1. The molecule has 0 unspecified atom stereocenters. The van der Waals surface area contributed by atoms with Crippen LogP contribution in [0.2, 0.25) is 0 Å². The Labute approximate surface area is 221 Å². The SMILES string of the molecule is Cc1ccc(-c2cn3cc(C)ccc3n2)cc1.Cc1ccc(C(=O)CBr)cc1.Cc1ccc(N)nc1. The number of alkyl halides is 1. The number of nitrogens with two attached hydrogens (primary N) is 1. The largest absolute Gasteiger partial charge is 0.384 e. The van der Waals surface area contributed by atoms with Crippen molar-refractivity contribution in [1.29, 1.82) is 0 Å². The van der Waals surface area contributed by atoms with Crippen molar-refractivity contribution in [3.63, 3.8) is 0 Å². The van der Waals surface area contributed by atoms with Crippen molar-refractivity contribution in [3.05, 3.63) is 119 Å². The highest BCUT2D eigenvalue weighted by molar-refractivity contribution is 9.09. The second-order valence-electron chi connectivity index (χ2n) is 8.65. The maximum absolute atomic E-state index is 11.1. The molecule has 0 aliphatic carbocycles. The first-order valence-corrected chi connectivity index (χ1v) is 12.7. The summed E-state index contributed by atoms with van der Waals surface area (Å²) in [6.45, 7) is 8.16. The van der Waals surface area contributed by atoms with Crippen LogP contribution in [0.5, 0.6) is 0 Å². The number of fused-ring (bicyclic) bond motifs is 1. The van der Waals surface area contributed by atoms with Crippen molar-refractivity contribution in [2.24, 2.45) is 0 Å². The zero-order chi connectivity index (χ0) is 26.1. The number of hydrogen-bond acceptors (Lipinski definition) is 4. The molecule has 0 spiro atoms. The van der Waals surface area contributed by atoms with Crippen LogP contribution < -0.4 is 5.73 Å². The van der Waals surface area contributed by atoms with Gasteiger partial charge in [0.25, 0.3) is 0 Å². The predicted molar refractivity (Wildman–Crippen MR) is 153 cm³/mol. The van der Waals surface area contributed by atoms with Gasteiger partial charge in [0.2, 0.25) is 0 Å². The predicted octanol–water partition coefficient (Wildman–Crippen LogP) is 7.16. The van der Waals surface area contributed by atoms with E-state index in [1.165, 1.54) is 16.7 Å². The molecule has 0 aliphatic heterocycles. The van der Waals surface area contributed by atoms with Crippen LogP contribution in [0.15, 0.2) is 91.4 Å². The number of Topliss-reactive ketones (excluding diaryl/α,β-unsaturated/α-hetero) is 1. The number of rotatable bonds is 3. The topological polar surface area (TPSA) is 73.3 Å². The number of hydrogen-bond donors (Lipinski definition) is 1. The molecule has 5 rings (SSSR count). The lowest BCUT2D eigenvalue weighted by Gasteiger charge is -1.96. The van der Waals surface area contributed by atoms with E-state index >= 15 is 0 Å². The number of ketones is 1. The van der Waals surface area contributed by atoms with Gasteiger partial charge in [-0.15, -0.1) is 0 Å². The van der Waals surface area contributed by atoms with Crippen molar-refractivity contribution in [2.75, 3.05) is 11.1 Å². The molecule has 36 heavy (non-hydrogen) atoms. The second kappa shape index (κ2) is 12.8. The quantitative estimate of drug-likeness (QED) is 0.194. The summed E-state index contributed by atoms with van der Waals surface area (Å²) < 4.78 is 2.07.